The molecular formula is C15H26N2O3. The molecule has 2 aliphatic rings. The predicted molar refractivity (Wildman–Crippen MR) is 76.1 cm³/mol. The zero-order chi connectivity index (χ0) is 14.9. The van der Waals surface area contributed by atoms with Crippen molar-refractivity contribution in [3.63, 3.8) is 0 Å². The first kappa shape index (κ1) is 15.3. The fourth-order valence-electron chi connectivity index (χ4n) is 3.13. The summed E-state index contributed by atoms with van der Waals surface area (Å²) in [7, 11) is 0. The van der Waals surface area contributed by atoms with Crippen LogP contribution in [0, 0.1) is 11.3 Å². The fraction of sp³-hybridized carbons (Fsp3) is 0.867. The molecule has 114 valence electrons. The molecule has 0 aromatic rings. The van der Waals surface area contributed by atoms with E-state index in [2.05, 4.69) is 5.32 Å². The molecule has 0 bridgehead atoms. The average molecular weight is 282 g/mol. The van der Waals surface area contributed by atoms with Crippen LogP contribution in [0.25, 0.3) is 0 Å². The number of ether oxygens (including phenoxy) is 1. The zero-order valence-corrected chi connectivity index (χ0v) is 12.9. The van der Waals surface area contributed by atoms with Crippen LogP contribution in [0.3, 0.4) is 0 Å². The summed E-state index contributed by atoms with van der Waals surface area (Å²) in [6, 6.07) is -0.796. The van der Waals surface area contributed by atoms with Gasteiger partial charge in [-0.2, -0.15) is 0 Å². The highest BCUT2D eigenvalue weighted by Crippen LogP contribution is 2.29. The molecule has 2 unspecified atom stereocenters. The third-order valence-electron chi connectivity index (χ3n) is 4.19. The summed E-state index contributed by atoms with van der Waals surface area (Å²) < 4.78 is 5.37. The maximum absolute atomic E-state index is 12.5. The number of carbonyl (C=O) groups excluding carboxylic acids is 2. The van der Waals surface area contributed by atoms with E-state index in [0.717, 1.165) is 26.1 Å². The summed E-state index contributed by atoms with van der Waals surface area (Å²) >= 11 is 0. The molecule has 0 aromatic carbocycles. The van der Waals surface area contributed by atoms with E-state index in [1.54, 1.807) is 11.8 Å². The van der Waals surface area contributed by atoms with Crippen molar-refractivity contribution in [2.45, 2.75) is 52.6 Å². The van der Waals surface area contributed by atoms with Crippen molar-refractivity contribution in [1.82, 2.24) is 10.2 Å². The van der Waals surface area contributed by atoms with E-state index < -0.39 is 6.04 Å². The van der Waals surface area contributed by atoms with Gasteiger partial charge in [-0.3, -0.25) is 9.59 Å². The second kappa shape index (κ2) is 5.72. The van der Waals surface area contributed by atoms with Crippen LogP contribution in [0.5, 0.6) is 0 Å². The van der Waals surface area contributed by atoms with Gasteiger partial charge in [-0.1, -0.05) is 20.8 Å². The van der Waals surface area contributed by atoms with Crippen molar-refractivity contribution in [2.24, 2.45) is 11.3 Å². The minimum Gasteiger partial charge on any atom is -0.381 e. The van der Waals surface area contributed by atoms with Crippen molar-refractivity contribution in [3.05, 3.63) is 0 Å². The Morgan fingerprint density at radius 2 is 1.85 bits per heavy atom. The van der Waals surface area contributed by atoms with Gasteiger partial charge < -0.3 is 15.0 Å². The SMILES string of the molecule is CC1NC(=O)C(C(C)(C)C)N(CC2CCOCC2)C1=O. The highest BCUT2D eigenvalue weighted by molar-refractivity contribution is 5.97. The van der Waals surface area contributed by atoms with E-state index in [0.29, 0.717) is 12.5 Å². The Labute approximate surface area is 121 Å². The quantitative estimate of drug-likeness (QED) is 0.827. The monoisotopic (exact) mass is 282 g/mol. The van der Waals surface area contributed by atoms with Gasteiger partial charge in [-0.15, -0.1) is 0 Å². The highest BCUT2D eigenvalue weighted by atomic mass is 16.5. The van der Waals surface area contributed by atoms with Gasteiger partial charge in [0.25, 0.3) is 0 Å². The molecule has 2 saturated heterocycles. The van der Waals surface area contributed by atoms with Gasteiger partial charge in [0.15, 0.2) is 0 Å². The summed E-state index contributed by atoms with van der Waals surface area (Å²) in [5.41, 5.74) is -0.259. The number of hydrogen-bond donors (Lipinski definition) is 1. The van der Waals surface area contributed by atoms with Gasteiger partial charge in [-0.25, -0.2) is 0 Å². The summed E-state index contributed by atoms with van der Waals surface area (Å²) in [5, 5.41) is 2.80. The first-order valence-electron chi connectivity index (χ1n) is 7.49. The Morgan fingerprint density at radius 1 is 1.25 bits per heavy atom. The second-order valence-corrected chi connectivity index (χ2v) is 7.05. The molecule has 0 radical (unpaired) electrons. The molecule has 2 heterocycles. The van der Waals surface area contributed by atoms with E-state index in [9.17, 15) is 9.59 Å². The van der Waals surface area contributed by atoms with Crippen molar-refractivity contribution >= 4 is 11.8 Å². The summed E-state index contributed by atoms with van der Waals surface area (Å²) in [4.78, 5) is 26.6. The lowest BCUT2D eigenvalue weighted by atomic mass is 9.82. The lowest BCUT2D eigenvalue weighted by molar-refractivity contribution is -0.154. The normalized spacial score (nSPS) is 29.5. The van der Waals surface area contributed by atoms with Crippen LogP contribution in [-0.2, 0) is 14.3 Å². The Kier molecular flexibility index (Phi) is 4.37. The van der Waals surface area contributed by atoms with E-state index in [1.807, 2.05) is 20.8 Å². The molecule has 0 aliphatic carbocycles. The van der Waals surface area contributed by atoms with E-state index in [1.165, 1.54) is 0 Å². The largest absolute Gasteiger partial charge is 0.381 e. The van der Waals surface area contributed by atoms with E-state index in [4.69, 9.17) is 4.74 Å². The second-order valence-electron chi connectivity index (χ2n) is 7.05. The molecule has 2 aliphatic heterocycles. The molecule has 5 nitrogen and oxygen atoms in total. The van der Waals surface area contributed by atoms with Gasteiger partial charge in [0, 0.05) is 19.8 Å². The molecule has 0 spiro atoms. The number of rotatable bonds is 2. The third-order valence-corrected chi connectivity index (χ3v) is 4.19. The first-order valence-corrected chi connectivity index (χ1v) is 7.49. The Bertz CT molecular complexity index is 383. The Balaban J connectivity index is 2.18. The molecule has 1 N–H and O–H groups in total. The number of nitrogens with one attached hydrogen (secondary N) is 1. The topological polar surface area (TPSA) is 58.6 Å². The fourth-order valence-corrected chi connectivity index (χ4v) is 3.13. The van der Waals surface area contributed by atoms with E-state index in [-0.39, 0.29) is 23.3 Å². The third kappa shape index (κ3) is 3.14. The van der Waals surface area contributed by atoms with Gasteiger partial charge >= 0.3 is 0 Å². The van der Waals surface area contributed by atoms with Crippen LogP contribution in [0.1, 0.15) is 40.5 Å². The van der Waals surface area contributed by atoms with Crippen LogP contribution < -0.4 is 5.32 Å². The first-order chi connectivity index (χ1) is 9.30. The minimum absolute atomic E-state index is 0.0309. The standard InChI is InChI=1S/C15H26N2O3/c1-10-14(19)17(9-11-5-7-20-8-6-11)12(13(18)16-10)15(2,3)4/h10-12H,5-9H2,1-4H3,(H,16,18). The lowest BCUT2D eigenvalue weighted by Crippen LogP contribution is -2.66. The Morgan fingerprint density at radius 3 is 2.40 bits per heavy atom. The number of carbonyl (C=O) groups is 2. The molecule has 0 saturated carbocycles. The van der Waals surface area contributed by atoms with Gasteiger partial charge in [-0.05, 0) is 31.1 Å². The minimum atomic E-state index is -0.416. The maximum Gasteiger partial charge on any atom is 0.245 e. The number of nitrogens with zero attached hydrogens (tertiary/aromatic N) is 1. The number of amides is 2. The molecule has 2 fully saturated rings. The Hall–Kier alpha value is -1.10. The van der Waals surface area contributed by atoms with E-state index >= 15 is 0 Å². The van der Waals surface area contributed by atoms with Crippen LogP contribution in [0.15, 0.2) is 0 Å². The lowest BCUT2D eigenvalue weighted by Gasteiger charge is -2.45. The summed E-state index contributed by atoms with van der Waals surface area (Å²) in [6.07, 6.45) is 1.94. The molecule has 20 heavy (non-hydrogen) atoms. The summed E-state index contributed by atoms with van der Waals surface area (Å²) in [5.74, 6) is 0.448. The molecule has 2 rings (SSSR count). The molecule has 5 heteroatoms. The van der Waals surface area contributed by atoms with Crippen LogP contribution >= 0.6 is 0 Å². The maximum atomic E-state index is 12.5. The zero-order valence-electron chi connectivity index (χ0n) is 12.9. The molecule has 2 atom stereocenters. The van der Waals surface area contributed by atoms with Crippen molar-refractivity contribution < 1.29 is 14.3 Å². The average Bonchev–Trinajstić information content (AvgIpc) is 2.35. The molecule has 2 amide bonds. The van der Waals surface area contributed by atoms with Crippen LogP contribution in [-0.4, -0.2) is 48.6 Å². The number of piperazine rings is 1. The predicted octanol–water partition coefficient (Wildman–Crippen LogP) is 1.17. The van der Waals surface area contributed by atoms with Crippen molar-refractivity contribution in [2.75, 3.05) is 19.8 Å². The van der Waals surface area contributed by atoms with Gasteiger partial charge in [0.1, 0.15) is 12.1 Å². The van der Waals surface area contributed by atoms with Crippen molar-refractivity contribution in [1.29, 1.82) is 0 Å². The van der Waals surface area contributed by atoms with Gasteiger partial charge in [0.05, 0.1) is 0 Å². The summed E-state index contributed by atoms with van der Waals surface area (Å²) in [6.45, 7) is 9.98. The highest BCUT2D eigenvalue weighted by Gasteiger charge is 2.45. The smallest absolute Gasteiger partial charge is 0.245 e. The molecular weight excluding hydrogens is 256 g/mol. The van der Waals surface area contributed by atoms with Crippen molar-refractivity contribution in [3.8, 4) is 0 Å². The van der Waals surface area contributed by atoms with Crippen LogP contribution in [0.2, 0.25) is 0 Å². The molecule has 0 aromatic heterocycles. The van der Waals surface area contributed by atoms with Gasteiger partial charge in [0.2, 0.25) is 11.8 Å². The van der Waals surface area contributed by atoms with Crippen LogP contribution in [0.4, 0.5) is 0 Å². The number of hydrogen-bond acceptors (Lipinski definition) is 3.